The molecule has 0 aromatic carbocycles. The first kappa shape index (κ1) is 11.8. The quantitative estimate of drug-likeness (QED) is 0.826. The highest BCUT2D eigenvalue weighted by atomic mass is 16.5. The third kappa shape index (κ3) is 2.05. The Balaban J connectivity index is 1.87. The van der Waals surface area contributed by atoms with Gasteiger partial charge in [-0.15, -0.1) is 0 Å². The molecule has 0 spiro atoms. The number of aryl methyl sites for hydroxylation is 1. The molecule has 4 nitrogen and oxygen atoms in total. The van der Waals surface area contributed by atoms with Gasteiger partial charge in [0, 0.05) is 6.54 Å². The van der Waals surface area contributed by atoms with Crippen LogP contribution >= 0.6 is 0 Å². The Kier molecular flexibility index (Phi) is 3.12. The van der Waals surface area contributed by atoms with Crippen LogP contribution in [0, 0.1) is 6.92 Å². The van der Waals surface area contributed by atoms with Gasteiger partial charge in [0.2, 0.25) is 0 Å². The molecule has 0 bridgehead atoms. The van der Waals surface area contributed by atoms with Crippen molar-refractivity contribution in [1.82, 2.24) is 4.98 Å². The largest absolute Gasteiger partial charge is 0.397 e. The predicted molar refractivity (Wildman–Crippen MR) is 72.7 cm³/mol. The van der Waals surface area contributed by atoms with Gasteiger partial charge in [-0.05, 0) is 31.4 Å². The van der Waals surface area contributed by atoms with Crippen molar-refractivity contribution in [3.63, 3.8) is 0 Å². The average molecular weight is 247 g/mol. The minimum Gasteiger partial charge on any atom is -0.397 e. The molecular formula is C14H21N3O. The molecular weight excluding hydrogens is 226 g/mol. The van der Waals surface area contributed by atoms with Crippen LogP contribution in [0.25, 0.3) is 0 Å². The standard InChI is InChI=1S/C14H21N3O/c1-10-8-14(16-9-11(10)15)17-6-7-18-13-5-3-2-4-12(13)17/h8-9,12-13H,2-7,15H2,1H3. The molecule has 2 heterocycles. The Morgan fingerprint density at radius 3 is 3.06 bits per heavy atom. The molecule has 1 saturated carbocycles. The van der Waals surface area contributed by atoms with Gasteiger partial charge < -0.3 is 15.4 Å². The highest BCUT2D eigenvalue weighted by Gasteiger charge is 2.34. The van der Waals surface area contributed by atoms with Crippen molar-refractivity contribution in [3.05, 3.63) is 17.8 Å². The Labute approximate surface area is 108 Å². The van der Waals surface area contributed by atoms with Crippen LogP contribution < -0.4 is 10.6 Å². The molecule has 2 N–H and O–H groups in total. The van der Waals surface area contributed by atoms with Gasteiger partial charge in [0.25, 0.3) is 0 Å². The van der Waals surface area contributed by atoms with E-state index in [-0.39, 0.29) is 0 Å². The highest BCUT2D eigenvalue weighted by molar-refractivity contribution is 5.53. The molecule has 0 radical (unpaired) electrons. The second kappa shape index (κ2) is 4.76. The normalized spacial score (nSPS) is 27.9. The third-order valence-corrected chi connectivity index (χ3v) is 4.16. The van der Waals surface area contributed by atoms with Crippen LogP contribution in [0.5, 0.6) is 0 Å². The summed E-state index contributed by atoms with van der Waals surface area (Å²) in [5.41, 5.74) is 7.72. The number of pyridine rings is 1. The number of anilines is 2. The number of nitrogen functional groups attached to an aromatic ring is 1. The van der Waals surface area contributed by atoms with Crippen LogP contribution in [0.1, 0.15) is 31.2 Å². The lowest BCUT2D eigenvalue weighted by Gasteiger charge is -2.44. The van der Waals surface area contributed by atoms with E-state index in [1.54, 1.807) is 6.20 Å². The monoisotopic (exact) mass is 247 g/mol. The number of nitrogens with zero attached hydrogens (tertiary/aromatic N) is 2. The maximum atomic E-state index is 5.89. The van der Waals surface area contributed by atoms with Gasteiger partial charge in [0.1, 0.15) is 5.82 Å². The molecule has 0 amide bonds. The number of morpholine rings is 1. The fourth-order valence-electron chi connectivity index (χ4n) is 3.09. The first-order valence-electron chi connectivity index (χ1n) is 6.86. The van der Waals surface area contributed by atoms with Gasteiger partial charge >= 0.3 is 0 Å². The van der Waals surface area contributed by atoms with E-state index in [0.717, 1.165) is 30.2 Å². The van der Waals surface area contributed by atoms with Crippen molar-refractivity contribution in [3.8, 4) is 0 Å². The van der Waals surface area contributed by atoms with Gasteiger partial charge in [0.05, 0.1) is 30.6 Å². The van der Waals surface area contributed by atoms with Gasteiger partial charge in [-0.25, -0.2) is 4.98 Å². The lowest BCUT2D eigenvalue weighted by atomic mass is 9.90. The van der Waals surface area contributed by atoms with E-state index in [9.17, 15) is 0 Å². The minimum absolute atomic E-state index is 0.396. The summed E-state index contributed by atoms with van der Waals surface area (Å²) in [6.45, 7) is 3.79. The van der Waals surface area contributed by atoms with Crippen molar-refractivity contribution < 1.29 is 4.74 Å². The third-order valence-electron chi connectivity index (χ3n) is 4.16. The predicted octanol–water partition coefficient (Wildman–Crippen LogP) is 2.12. The second-order valence-corrected chi connectivity index (χ2v) is 5.35. The van der Waals surface area contributed by atoms with Crippen LogP contribution in [0.4, 0.5) is 11.5 Å². The van der Waals surface area contributed by atoms with Crippen LogP contribution in [-0.2, 0) is 4.74 Å². The van der Waals surface area contributed by atoms with Crippen LogP contribution in [0.2, 0.25) is 0 Å². The second-order valence-electron chi connectivity index (χ2n) is 5.35. The van der Waals surface area contributed by atoms with E-state index >= 15 is 0 Å². The van der Waals surface area contributed by atoms with Gasteiger partial charge in [-0.1, -0.05) is 12.8 Å². The molecule has 2 fully saturated rings. The van der Waals surface area contributed by atoms with E-state index < -0.39 is 0 Å². The number of hydrogen-bond donors (Lipinski definition) is 1. The highest BCUT2D eigenvalue weighted by Crippen LogP contribution is 2.31. The molecule has 1 aliphatic heterocycles. The van der Waals surface area contributed by atoms with Crippen molar-refractivity contribution in [2.45, 2.75) is 44.8 Å². The summed E-state index contributed by atoms with van der Waals surface area (Å²) in [5, 5.41) is 0. The summed E-state index contributed by atoms with van der Waals surface area (Å²) >= 11 is 0. The maximum Gasteiger partial charge on any atom is 0.129 e. The smallest absolute Gasteiger partial charge is 0.129 e. The number of ether oxygens (including phenoxy) is 1. The van der Waals surface area contributed by atoms with Crippen molar-refractivity contribution >= 4 is 11.5 Å². The molecule has 1 aromatic rings. The number of nitrogens with two attached hydrogens (primary N) is 1. The Morgan fingerprint density at radius 2 is 2.22 bits per heavy atom. The fraction of sp³-hybridized carbons (Fsp3) is 0.643. The topological polar surface area (TPSA) is 51.4 Å². The molecule has 3 rings (SSSR count). The molecule has 1 saturated heterocycles. The van der Waals surface area contributed by atoms with Crippen LogP contribution in [0.3, 0.4) is 0 Å². The zero-order valence-corrected chi connectivity index (χ0v) is 10.9. The zero-order valence-electron chi connectivity index (χ0n) is 10.9. The summed E-state index contributed by atoms with van der Waals surface area (Å²) in [6.07, 6.45) is 7.17. The van der Waals surface area contributed by atoms with Crippen LogP contribution in [-0.4, -0.2) is 30.3 Å². The summed E-state index contributed by atoms with van der Waals surface area (Å²) in [7, 11) is 0. The zero-order chi connectivity index (χ0) is 12.5. The number of rotatable bonds is 1. The molecule has 1 aromatic heterocycles. The summed E-state index contributed by atoms with van der Waals surface area (Å²) in [6, 6.07) is 2.61. The van der Waals surface area contributed by atoms with Gasteiger partial charge in [-0.2, -0.15) is 0 Å². The molecule has 4 heteroatoms. The summed E-state index contributed by atoms with van der Waals surface area (Å²) in [5.74, 6) is 1.06. The van der Waals surface area contributed by atoms with Crippen LogP contribution in [0.15, 0.2) is 12.3 Å². The molecule has 2 unspecified atom stereocenters. The SMILES string of the molecule is Cc1cc(N2CCOC3CCCCC32)ncc1N. The first-order valence-corrected chi connectivity index (χ1v) is 6.86. The lowest BCUT2D eigenvalue weighted by Crippen LogP contribution is -2.53. The first-order chi connectivity index (χ1) is 8.75. The molecule has 1 aliphatic carbocycles. The Bertz CT molecular complexity index is 433. The fourth-order valence-corrected chi connectivity index (χ4v) is 3.09. The lowest BCUT2D eigenvalue weighted by molar-refractivity contribution is -0.00898. The van der Waals surface area contributed by atoms with E-state index in [4.69, 9.17) is 10.5 Å². The Hall–Kier alpha value is -1.29. The summed E-state index contributed by atoms with van der Waals surface area (Å²) < 4.78 is 5.89. The van der Waals surface area contributed by atoms with Crippen molar-refractivity contribution in [2.24, 2.45) is 0 Å². The van der Waals surface area contributed by atoms with Crippen molar-refractivity contribution in [1.29, 1.82) is 0 Å². The van der Waals surface area contributed by atoms with Gasteiger partial charge in [-0.3, -0.25) is 0 Å². The molecule has 18 heavy (non-hydrogen) atoms. The Morgan fingerprint density at radius 1 is 1.39 bits per heavy atom. The minimum atomic E-state index is 0.396. The van der Waals surface area contributed by atoms with Gasteiger partial charge in [0.15, 0.2) is 0 Å². The molecule has 98 valence electrons. The summed E-state index contributed by atoms with van der Waals surface area (Å²) in [4.78, 5) is 6.92. The van der Waals surface area contributed by atoms with E-state index in [2.05, 4.69) is 16.0 Å². The number of fused-ring (bicyclic) bond motifs is 1. The number of aromatic nitrogens is 1. The van der Waals surface area contributed by atoms with E-state index in [1.807, 2.05) is 6.92 Å². The van der Waals surface area contributed by atoms with Crippen molar-refractivity contribution in [2.75, 3.05) is 23.8 Å². The number of hydrogen-bond acceptors (Lipinski definition) is 4. The average Bonchev–Trinajstić information content (AvgIpc) is 2.41. The molecule has 2 aliphatic rings. The maximum absolute atomic E-state index is 5.89. The molecule has 2 atom stereocenters. The van der Waals surface area contributed by atoms with E-state index in [0.29, 0.717) is 12.1 Å². The van der Waals surface area contributed by atoms with E-state index in [1.165, 1.54) is 25.7 Å².